The minimum atomic E-state index is -3.55. The average molecular weight is 308 g/mol. The third kappa shape index (κ3) is 2.40. The van der Waals surface area contributed by atoms with Crippen LogP contribution in [0.5, 0.6) is 5.75 Å². The van der Waals surface area contributed by atoms with Crippen molar-refractivity contribution in [1.29, 1.82) is 0 Å². The van der Waals surface area contributed by atoms with Crippen LogP contribution in [-0.4, -0.2) is 47.9 Å². The Morgan fingerprint density at radius 3 is 2.52 bits per heavy atom. The molecule has 21 heavy (non-hydrogen) atoms. The molecule has 2 aromatic rings. The molecule has 1 saturated heterocycles. The van der Waals surface area contributed by atoms with Gasteiger partial charge in [0.1, 0.15) is 10.6 Å². The molecule has 1 aromatic carbocycles. The summed E-state index contributed by atoms with van der Waals surface area (Å²) in [6, 6.07) is 5.12. The van der Waals surface area contributed by atoms with E-state index in [2.05, 4.69) is 10.2 Å². The lowest BCUT2D eigenvalue weighted by Gasteiger charge is -2.37. The van der Waals surface area contributed by atoms with Gasteiger partial charge in [0.2, 0.25) is 10.0 Å². The van der Waals surface area contributed by atoms with Gasteiger partial charge in [-0.1, -0.05) is 6.07 Å². The van der Waals surface area contributed by atoms with E-state index in [4.69, 9.17) is 4.74 Å². The Morgan fingerprint density at radius 2 is 1.90 bits per heavy atom. The zero-order chi connectivity index (χ0) is 15.0. The first kappa shape index (κ1) is 14.0. The Balaban J connectivity index is 1.84. The number of hydrogen-bond acceptors (Lipinski definition) is 5. The topological polar surface area (TPSA) is 77.3 Å². The molecule has 0 N–H and O–H groups in total. The highest BCUT2D eigenvalue weighted by Crippen LogP contribution is 2.32. The summed E-state index contributed by atoms with van der Waals surface area (Å²) in [5.41, 5.74) is 0.875. The van der Waals surface area contributed by atoms with E-state index in [1.54, 1.807) is 29.3 Å². The Hall–Kier alpha value is -1.93. The fourth-order valence-corrected chi connectivity index (χ4v) is 4.05. The Labute approximate surface area is 123 Å². The van der Waals surface area contributed by atoms with Crippen LogP contribution in [0, 0.1) is 6.92 Å². The van der Waals surface area contributed by atoms with Gasteiger partial charge >= 0.3 is 0 Å². The van der Waals surface area contributed by atoms with Crippen molar-refractivity contribution in [2.75, 3.05) is 20.2 Å². The summed E-state index contributed by atoms with van der Waals surface area (Å²) in [6.07, 6.45) is 3.17. The van der Waals surface area contributed by atoms with Gasteiger partial charge < -0.3 is 4.74 Å². The van der Waals surface area contributed by atoms with Crippen LogP contribution in [0.2, 0.25) is 0 Å². The number of sulfonamides is 1. The van der Waals surface area contributed by atoms with Gasteiger partial charge in [0, 0.05) is 13.1 Å². The van der Waals surface area contributed by atoms with Gasteiger partial charge in [0.15, 0.2) is 0 Å². The maximum absolute atomic E-state index is 12.7. The van der Waals surface area contributed by atoms with E-state index in [0.29, 0.717) is 18.8 Å². The highest BCUT2D eigenvalue weighted by molar-refractivity contribution is 7.89. The molecule has 1 aliphatic rings. The molecular formula is C13H16N4O3S. The fourth-order valence-electron chi connectivity index (χ4n) is 2.30. The first-order chi connectivity index (χ1) is 10.0. The molecule has 0 atom stereocenters. The van der Waals surface area contributed by atoms with Crippen LogP contribution in [0.15, 0.2) is 35.5 Å². The molecular weight excluding hydrogens is 292 g/mol. The minimum Gasteiger partial charge on any atom is -0.495 e. The molecule has 0 saturated carbocycles. The maximum Gasteiger partial charge on any atom is 0.246 e. The monoisotopic (exact) mass is 308 g/mol. The SMILES string of the molecule is COc1ccc(C)cc1S(=O)(=O)N1CC(n2nccn2)C1. The van der Waals surface area contributed by atoms with Crippen LogP contribution in [0.4, 0.5) is 0 Å². The van der Waals surface area contributed by atoms with Gasteiger partial charge in [-0.2, -0.15) is 19.3 Å². The largest absolute Gasteiger partial charge is 0.495 e. The highest BCUT2D eigenvalue weighted by atomic mass is 32.2. The van der Waals surface area contributed by atoms with E-state index < -0.39 is 10.0 Å². The lowest BCUT2D eigenvalue weighted by Crippen LogP contribution is -2.51. The van der Waals surface area contributed by atoms with Crippen LogP contribution in [0.25, 0.3) is 0 Å². The molecule has 2 heterocycles. The molecule has 112 valence electrons. The van der Waals surface area contributed by atoms with E-state index in [9.17, 15) is 8.42 Å². The lowest BCUT2D eigenvalue weighted by molar-refractivity contribution is 0.175. The maximum atomic E-state index is 12.7. The first-order valence-corrected chi connectivity index (χ1v) is 7.97. The molecule has 0 radical (unpaired) electrons. The van der Waals surface area contributed by atoms with Gasteiger partial charge in [-0.25, -0.2) is 8.42 Å². The van der Waals surface area contributed by atoms with E-state index in [-0.39, 0.29) is 10.9 Å². The molecule has 7 nitrogen and oxygen atoms in total. The van der Waals surface area contributed by atoms with Crippen LogP contribution >= 0.6 is 0 Å². The predicted molar refractivity (Wildman–Crippen MR) is 75.5 cm³/mol. The molecule has 1 aliphatic heterocycles. The Bertz CT molecular complexity index is 737. The quantitative estimate of drug-likeness (QED) is 0.836. The van der Waals surface area contributed by atoms with Crippen molar-refractivity contribution in [3.8, 4) is 5.75 Å². The number of methoxy groups -OCH3 is 1. The number of aromatic nitrogens is 3. The van der Waals surface area contributed by atoms with E-state index >= 15 is 0 Å². The zero-order valence-corrected chi connectivity index (χ0v) is 12.6. The van der Waals surface area contributed by atoms with Crippen molar-refractivity contribution in [3.05, 3.63) is 36.2 Å². The van der Waals surface area contributed by atoms with Crippen LogP contribution in [0.3, 0.4) is 0 Å². The summed E-state index contributed by atoms with van der Waals surface area (Å²) in [7, 11) is -2.08. The van der Waals surface area contributed by atoms with Crippen molar-refractivity contribution in [1.82, 2.24) is 19.3 Å². The highest BCUT2D eigenvalue weighted by Gasteiger charge is 2.39. The Kier molecular flexibility index (Phi) is 3.42. The summed E-state index contributed by atoms with van der Waals surface area (Å²) in [4.78, 5) is 1.75. The molecule has 0 unspecified atom stereocenters. The summed E-state index contributed by atoms with van der Waals surface area (Å²) in [5.74, 6) is 0.362. The third-order valence-corrected chi connectivity index (χ3v) is 5.38. The summed E-state index contributed by atoms with van der Waals surface area (Å²) in [5, 5.41) is 8.07. The summed E-state index contributed by atoms with van der Waals surface area (Å²) in [6.45, 7) is 2.59. The number of aryl methyl sites for hydroxylation is 1. The number of hydrogen-bond donors (Lipinski definition) is 0. The van der Waals surface area contributed by atoms with Gasteiger partial charge in [-0.15, -0.1) is 0 Å². The Morgan fingerprint density at radius 1 is 1.24 bits per heavy atom. The predicted octanol–water partition coefficient (Wildman–Crippen LogP) is 0.841. The second-order valence-electron chi connectivity index (χ2n) is 4.98. The second kappa shape index (κ2) is 5.12. The summed E-state index contributed by atoms with van der Waals surface area (Å²) >= 11 is 0. The molecule has 8 heteroatoms. The van der Waals surface area contributed by atoms with Crippen molar-refractivity contribution >= 4 is 10.0 Å². The van der Waals surface area contributed by atoms with Gasteiger partial charge in [-0.05, 0) is 24.6 Å². The van der Waals surface area contributed by atoms with Crippen LogP contribution in [-0.2, 0) is 10.0 Å². The third-order valence-electron chi connectivity index (χ3n) is 3.53. The fraction of sp³-hybridized carbons (Fsp3) is 0.385. The lowest BCUT2D eigenvalue weighted by atomic mass is 10.2. The van der Waals surface area contributed by atoms with E-state index in [1.165, 1.54) is 11.4 Å². The van der Waals surface area contributed by atoms with E-state index in [1.807, 2.05) is 13.0 Å². The summed E-state index contributed by atoms with van der Waals surface area (Å²) < 4.78 is 31.9. The van der Waals surface area contributed by atoms with Crippen molar-refractivity contribution < 1.29 is 13.2 Å². The van der Waals surface area contributed by atoms with Crippen LogP contribution < -0.4 is 4.74 Å². The number of ether oxygens (including phenoxy) is 1. The average Bonchev–Trinajstić information content (AvgIpc) is 2.90. The number of benzene rings is 1. The number of nitrogens with zero attached hydrogens (tertiary/aromatic N) is 4. The van der Waals surface area contributed by atoms with Crippen molar-refractivity contribution in [3.63, 3.8) is 0 Å². The van der Waals surface area contributed by atoms with Gasteiger partial charge in [0.05, 0.1) is 25.5 Å². The molecule has 0 aliphatic carbocycles. The van der Waals surface area contributed by atoms with Crippen molar-refractivity contribution in [2.24, 2.45) is 0 Å². The molecule has 3 rings (SSSR count). The normalized spacial score (nSPS) is 16.7. The molecule has 0 amide bonds. The number of rotatable bonds is 4. The first-order valence-electron chi connectivity index (χ1n) is 6.53. The van der Waals surface area contributed by atoms with Gasteiger partial charge in [-0.3, -0.25) is 0 Å². The molecule has 1 aromatic heterocycles. The zero-order valence-electron chi connectivity index (χ0n) is 11.8. The standard InChI is InChI=1S/C13H16N4O3S/c1-10-3-4-12(20-2)13(7-10)21(18,19)16-8-11(9-16)17-14-5-6-15-17/h3-7,11H,8-9H2,1-2H3. The van der Waals surface area contributed by atoms with Crippen molar-refractivity contribution in [2.45, 2.75) is 17.9 Å². The van der Waals surface area contributed by atoms with E-state index in [0.717, 1.165) is 5.56 Å². The molecule has 1 fully saturated rings. The second-order valence-corrected chi connectivity index (χ2v) is 6.89. The molecule has 0 bridgehead atoms. The smallest absolute Gasteiger partial charge is 0.246 e. The minimum absolute atomic E-state index is 0.00872. The van der Waals surface area contributed by atoms with Crippen LogP contribution in [0.1, 0.15) is 11.6 Å². The van der Waals surface area contributed by atoms with Gasteiger partial charge in [0.25, 0.3) is 0 Å². The molecule has 0 spiro atoms.